The van der Waals surface area contributed by atoms with Gasteiger partial charge in [-0.25, -0.2) is 4.79 Å². The Morgan fingerprint density at radius 2 is 1.88 bits per heavy atom. The second-order valence-corrected chi connectivity index (χ2v) is 8.16. The molecule has 1 unspecified atom stereocenters. The fourth-order valence-corrected chi connectivity index (χ4v) is 4.03. The summed E-state index contributed by atoms with van der Waals surface area (Å²) in [6, 6.07) is 6.32. The molecule has 0 aromatic heterocycles. The van der Waals surface area contributed by atoms with Crippen molar-refractivity contribution < 1.29 is 28.7 Å². The van der Waals surface area contributed by atoms with Crippen molar-refractivity contribution in [2.75, 3.05) is 20.3 Å². The van der Waals surface area contributed by atoms with E-state index < -0.39 is 35.3 Å². The van der Waals surface area contributed by atoms with Gasteiger partial charge >= 0.3 is 5.97 Å². The van der Waals surface area contributed by atoms with Crippen molar-refractivity contribution in [2.45, 2.75) is 57.1 Å². The molecule has 170 valence electrons. The minimum absolute atomic E-state index is 0.0657. The largest absolute Gasteiger partial charge is 0.449 e. The number of benzene rings is 1. The third-order valence-corrected chi connectivity index (χ3v) is 5.87. The quantitative estimate of drug-likeness (QED) is 0.372. The maximum Gasteiger partial charge on any atom is 0.338 e. The first kappa shape index (κ1) is 23.4. The van der Waals surface area contributed by atoms with Gasteiger partial charge in [-0.05, 0) is 44.4 Å². The molecule has 1 atom stereocenters. The second kappa shape index (κ2) is 9.92. The Labute approximate surface area is 186 Å². The fourth-order valence-electron chi connectivity index (χ4n) is 4.03. The third kappa shape index (κ3) is 4.81. The number of hydrogen-bond donors (Lipinski definition) is 1. The van der Waals surface area contributed by atoms with Gasteiger partial charge in [0.05, 0.1) is 22.8 Å². The molecule has 0 radical (unpaired) electrons. The lowest BCUT2D eigenvalue weighted by molar-refractivity contribution is -0.130. The average molecular weight is 441 g/mol. The monoisotopic (exact) mass is 441 g/mol. The molecule has 1 saturated carbocycles. The van der Waals surface area contributed by atoms with E-state index >= 15 is 0 Å². The first-order valence-corrected chi connectivity index (χ1v) is 10.8. The molecule has 3 amide bonds. The summed E-state index contributed by atoms with van der Waals surface area (Å²) in [6.45, 7) is 2.07. The predicted molar refractivity (Wildman–Crippen MR) is 113 cm³/mol. The molecule has 0 bridgehead atoms. The summed E-state index contributed by atoms with van der Waals surface area (Å²) in [6.07, 6.45) is 3.25. The normalized spacial score (nSPS) is 18.0. The van der Waals surface area contributed by atoms with Crippen LogP contribution in [0.25, 0.3) is 0 Å². The van der Waals surface area contributed by atoms with Crippen LogP contribution in [0.1, 0.15) is 76.5 Å². The van der Waals surface area contributed by atoms with Gasteiger partial charge < -0.3 is 14.8 Å². The summed E-state index contributed by atoms with van der Waals surface area (Å²) in [4.78, 5) is 51.3. The van der Waals surface area contributed by atoms with Crippen LogP contribution < -0.4 is 5.32 Å². The van der Waals surface area contributed by atoms with Gasteiger partial charge in [-0.1, -0.05) is 19.3 Å². The molecule has 1 aliphatic carbocycles. The number of rotatable bonds is 8. The Balaban J connectivity index is 1.65. The van der Waals surface area contributed by atoms with Crippen LogP contribution in [0, 0.1) is 11.3 Å². The van der Waals surface area contributed by atoms with Gasteiger partial charge in [0, 0.05) is 20.3 Å². The van der Waals surface area contributed by atoms with Gasteiger partial charge in [0.1, 0.15) is 5.54 Å². The molecule has 1 aromatic rings. The smallest absolute Gasteiger partial charge is 0.338 e. The number of nitriles is 1. The van der Waals surface area contributed by atoms with Crippen LogP contribution in [0.4, 0.5) is 0 Å². The summed E-state index contributed by atoms with van der Waals surface area (Å²) in [7, 11) is 1.54. The minimum atomic E-state index is -1.12. The summed E-state index contributed by atoms with van der Waals surface area (Å²) in [5.74, 6) is -2.22. The van der Waals surface area contributed by atoms with Crippen molar-refractivity contribution in [1.82, 2.24) is 10.2 Å². The van der Waals surface area contributed by atoms with Crippen LogP contribution in [0.2, 0.25) is 0 Å². The zero-order valence-corrected chi connectivity index (χ0v) is 18.3. The molecule has 1 aliphatic heterocycles. The molecule has 9 nitrogen and oxygen atoms in total. The van der Waals surface area contributed by atoms with Crippen LogP contribution >= 0.6 is 0 Å². The van der Waals surface area contributed by atoms with Gasteiger partial charge in [-0.3, -0.25) is 19.3 Å². The number of amides is 3. The van der Waals surface area contributed by atoms with E-state index in [0.717, 1.165) is 24.2 Å². The molecule has 32 heavy (non-hydrogen) atoms. The number of carbonyl (C=O) groups is 4. The van der Waals surface area contributed by atoms with Gasteiger partial charge in [-0.15, -0.1) is 0 Å². The lowest BCUT2D eigenvalue weighted by Gasteiger charge is -2.32. The second-order valence-electron chi connectivity index (χ2n) is 8.16. The molecule has 1 aromatic carbocycles. The zero-order chi connectivity index (χ0) is 23.3. The van der Waals surface area contributed by atoms with Gasteiger partial charge in [0.15, 0.2) is 6.10 Å². The first-order valence-electron chi connectivity index (χ1n) is 10.8. The number of hydrogen-bond acceptors (Lipinski definition) is 7. The highest BCUT2D eigenvalue weighted by Gasteiger charge is 2.37. The molecule has 1 fully saturated rings. The molecule has 3 rings (SSSR count). The van der Waals surface area contributed by atoms with Crippen LogP contribution in [0.5, 0.6) is 0 Å². The Morgan fingerprint density at radius 1 is 1.19 bits per heavy atom. The fraction of sp³-hybridized carbons (Fsp3) is 0.522. The van der Waals surface area contributed by atoms with E-state index in [0.29, 0.717) is 25.9 Å². The molecule has 0 spiro atoms. The van der Waals surface area contributed by atoms with E-state index in [9.17, 15) is 24.4 Å². The SMILES string of the molecule is COCCCN1C(=O)c2ccc(C(=O)OC(C)C(=O)NC3(C#N)CCCCC3)cc2C1=O. The molecular formula is C23H27N3O6. The number of imide groups is 1. The lowest BCUT2D eigenvalue weighted by atomic mass is 9.83. The number of carbonyl (C=O) groups excluding carboxylic acids is 4. The zero-order valence-electron chi connectivity index (χ0n) is 18.3. The topological polar surface area (TPSA) is 126 Å². The first-order chi connectivity index (χ1) is 15.3. The van der Waals surface area contributed by atoms with Crippen LogP contribution in [0.3, 0.4) is 0 Å². The standard InChI is InChI=1S/C23H27N3O6/c1-15(19(27)25-23(14-24)9-4-3-5-10-23)32-22(30)16-7-8-17-18(13-16)21(29)26(20(17)28)11-6-12-31-2/h7-8,13,15H,3-6,9-12H2,1-2H3,(H,25,27). The van der Waals surface area contributed by atoms with Crippen LogP contribution in [-0.2, 0) is 14.3 Å². The predicted octanol–water partition coefficient (Wildman–Crippen LogP) is 2.21. The highest BCUT2D eigenvalue weighted by atomic mass is 16.5. The van der Waals surface area contributed by atoms with E-state index in [1.165, 1.54) is 32.2 Å². The lowest BCUT2D eigenvalue weighted by Crippen LogP contribution is -2.52. The van der Waals surface area contributed by atoms with Crippen molar-refractivity contribution in [3.63, 3.8) is 0 Å². The van der Waals surface area contributed by atoms with E-state index in [1.54, 1.807) is 0 Å². The number of methoxy groups -OCH3 is 1. The average Bonchev–Trinajstić information content (AvgIpc) is 3.04. The number of esters is 1. The third-order valence-electron chi connectivity index (χ3n) is 5.87. The van der Waals surface area contributed by atoms with E-state index in [-0.39, 0.29) is 23.2 Å². The summed E-state index contributed by atoms with van der Waals surface area (Å²) in [5.41, 5.74) is -0.508. The summed E-state index contributed by atoms with van der Waals surface area (Å²) in [5, 5.41) is 12.2. The highest BCUT2D eigenvalue weighted by molar-refractivity contribution is 6.22. The Hall–Kier alpha value is -3.25. The van der Waals surface area contributed by atoms with Crippen molar-refractivity contribution in [1.29, 1.82) is 5.26 Å². The Kier molecular flexibility index (Phi) is 7.26. The van der Waals surface area contributed by atoms with Crippen molar-refractivity contribution in [3.05, 3.63) is 34.9 Å². The Bertz CT molecular complexity index is 961. The molecule has 1 N–H and O–H groups in total. The number of fused-ring (bicyclic) bond motifs is 1. The maximum atomic E-state index is 12.6. The van der Waals surface area contributed by atoms with Crippen molar-refractivity contribution in [2.24, 2.45) is 0 Å². The molecular weight excluding hydrogens is 414 g/mol. The van der Waals surface area contributed by atoms with Crippen LogP contribution in [-0.4, -0.2) is 60.5 Å². The molecule has 1 heterocycles. The van der Waals surface area contributed by atoms with Crippen molar-refractivity contribution >= 4 is 23.7 Å². The van der Waals surface area contributed by atoms with Gasteiger partial charge in [0.25, 0.3) is 17.7 Å². The highest BCUT2D eigenvalue weighted by Crippen LogP contribution is 2.28. The Morgan fingerprint density at radius 3 is 2.53 bits per heavy atom. The number of nitrogens with zero attached hydrogens (tertiary/aromatic N) is 2. The van der Waals surface area contributed by atoms with E-state index in [1.807, 2.05) is 0 Å². The van der Waals surface area contributed by atoms with Crippen LogP contribution in [0.15, 0.2) is 18.2 Å². The number of ether oxygens (including phenoxy) is 2. The van der Waals surface area contributed by atoms with E-state index in [4.69, 9.17) is 9.47 Å². The van der Waals surface area contributed by atoms with Gasteiger partial charge in [0.2, 0.25) is 0 Å². The summed E-state index contributed by atoms with van der Waals surface area (Å²) >= 11 is 0. The van der Waals surface area contributed by atoms with E-state index in [2.05, 4.69) is 11.4 Å². The van der Waals surface area contributed by atoms with Gasteiger partial charge in [-0.2, -0.15) is 5.26 Å². The number of nitrogens with one attached hydrogen (secondary N) is 1. The minimum Gasteiger partial charge on any atom is -0.449 e. The van der Waals surface area contributed by atoms with Crippen molar-refractivity contribution in [3.8, 4) is 6.07 Å². The summed E-state index contributed by atoms with van der Waals surface area (Å²) < 4.78 is 10.2. The molecule has 9 heteroatoms. The molecule has 0 saturated heterocycles. The maximum absolute atomic E-state index is 12.6. The molecule has 2 aliphatic rings.